The van der Waals surface area contributed by atoms with Crippen LogP contribution in [0.2, 0.25) is 0 Å². The van der Waals surface area contributed by atoms with Crippen molar-refractivity contribution in [2.24, 2.45) is 5.92 Å². The van der Waals surface area contributed by atoms with Crippen molar-refractivity contribution < 1.29 is 0 Å². The fourth-order valence-corrected chi connectivity index (χ4v) is 3.48. The van der Waals surface area contributed by atoms with Crippen LogP contribution in [0.15, 0.2) is 36.7 Å². The first kappa shape index (κ1) is 14.3. The zero-order valence-electron chi connectivity index (χ0n) is 13.0. The molecule has 0 aliphatic heterocycles. The maximum absolute atomic E-state index is 4.40. The maximum atomic E-state index is 4.40. The molecule has 0 bridgehead atoms. The molecule has 0 amide bonds. The first-order valence-electron chi connectivity index (χ1n) is 8.11. The van der Waals surface area contributed by atoms with Crippen molar-refractivity contribution in [2.75, 3.05) is 6.54 Å². The molecule has 0 spiro atoms. The quantitative estimate of drug-likeness (QED) is 0.883. The summed E-state index contributed by atoms with van der Waals surface area (Å²) < 4.78 is 2.02. The zero-order valence-corrected chi connectivity index (χ0v) is 13.0. The van der Waals surface area contributed by atoms with Crippen LogP contribution in [0.4, 0.5) is 0 Å². The highest BCUT2D eigenvalue weighted by atomic mass is 15.3. The van der Waals surface area contributed by atoms with Crippen molar-refractivity contribution >= 4 is 0 Å². The lowest BCUT2D eigenvalue weighted by atomic mass is 9.92. The number of aromatic nitrogens is 2. The average Bonchev–Trinajstić information content (AvgIpc) is 3.12. The predicted octanol–water partition coefficient (Wildman–Crippen LogP) is 2.84. The van der Waals surface area contributed by atoms with E-state index >= 15 is 0 Å². The molecule has 1 heterocycles. The van der Waals surface area contributed by atoms with Crippen molar-refractivity contribution in [3.63, 3.8) is 0 Å². The number of aryl methyl sites for hydroxylation is 1. The molecule has 1 aromatic heterocycles. The second kappa shape index (κ2) is 6.44. The summed E-state index contributed by atoms with van der Waals surface area (Å²) in [5.41, 5.74) is 4.42. The van der Waals surface area contributed by atoms with Crippen LogP contribution in [0, 0.1) is 5.92 Å². The summed E-state index contributed by atoms with van der Waals surface area (Å²) in [7, 11) is 0. The molecular formula is C18H25N3. The molecule has 0 fully saturated rings. The molecule has 1 aromatic carbocycles. The van der Waals surface area contributed by atoms with Crippen molar-refractivity contribution in [3.05, 3.63) is 53.3 Å². The number of rotatable bonds is 6. The Hall–Kier alpha value is -1.61. The molecule has 1 atom stereocenters. The number of nitrogens with one attached hydrogen (secondary N) is 1. The van der Waals surface area contributed by atoms with Crippen LogP contribution in [0.3, 0.4) is 0 Å². The molecule has 21 heavy (non-hydrogen) atoms. The van der Waals surface area contributed by atoms with E-state index in [1.54, 1.807) is 0 Å². The summed E-state index contributed by atoms with van der Waals surface area (Å²) in [5, 5.41) is 8.10. The summed E-state index contributed by atoms with van der Waals surface area (Å²) in [6, 6.07) is 9.43. The highest BCUT2D eigenvalue weighted by Gasteiger charge is 2.28. The van der Waals surface area contributed by atoms with Gasteiger partial charge in [-0.2, -0.15) is 5.10 Å². The van der Waals surface area contributed by atoms with Crippen molar-refractivity contribution in [3.8, 4) is 0 Å². The van der Waals surface area contributed by atoms with E-state index in [-0.39, 0.29) is 0 Å². The average molecular weight is 283 g/mol. The first-order valence-corrected chi connectivity index (χ1v) is 8.11. The summed E-state index contributed by atoms with van der Waals surface area (Å²) in [5.74, 6) is 0.701. The standard InChI is InChI=1S/C18H25N3/c1-3-19-18(9-14-12-20-21(4-2)13-14)17-10-15-7-5-6-8-16(15)11-17/h5-8,12-13,17-19H,3-4,9-11H2,1-2H3. The van der Waals surface area contributed by atoms with E-state index in [4.69, 9.17) is 0 Å². The lowest BCUT2D eigenvalue weighted by Gasteiger charge is -2.24. The van der Waals surface area contributed by atoms with Crippen LogP contribution >= 0.6 is 0 Å². The van der Waals surface area contributed by atoms with E-state index in [0.29, 0.717) is 12.0 Å². The van der Waals surface area contributed by atoms with Gasteiger partial charge in [-0.3, -0.25) is 4.68 Å². The normalized spacial score (nSPS) is 16.1. The molecule has 3 heteroatoms. The van der Waals surface area contributed by atoms with E-state index in [1.807, 2.05) is 10.9 Å². The van der Waals surface area contributed by atoms with Gasteiger partial charge in [-0.25, -0.2) is 0 Å². The summed E-state index contributed by atoms with van der Waals surface area (Å²) in [4.78, 5) is 0. The van der Waals surface area contributed by atoms with Crippen LogP contribution < -0.4 is 5.32 Å². The van der Waals surface area contributed by atoms with Gasteiger partial charge in [0.05, 0.1) is 6.20 Å². The van der Waals surface area contributed by atoms with Gasteiger partial charge in [-0.1, -0.05) is 31.2 Å². The molecule has 0 saturated carbocycles. The highest BCUT2D eigenvalue weighted by molar-refractivity contribution is 5.32. The van der Waals surface area contributed by atoms with Gasteiger partial charge in [0.25, 0.3) is 0 Å². The Bertz CT molecular complexity index is 563. The Morgan fingerprint density at radius 1 is 1.24 bits per heavy atom. The van der Waals surface area contributed by atoms with Gasteiger partial charge in [0.2, 0.25) is 0 Å². The number of fused-ring (bicyclic) bond motifs is 1. The van der Waals surface area contributed by atoms with E-state index in [2.05, 4.69) is 54.7 Å². The van der Waals surface area contributed by atoms with Gasteiger partial charge in [0.15, 0.2) is 0 Å². The van der Waals surface area contributed by atoms with E-state index in [1.165, 1.54) is 29.5 Å². The monoisotopic (exact) mass is 283 g/mol. The highest BCUT2D eigenvalue weighted by Crippen LogP contribution is 2.29. The van der Waals surface area contributed by atoms with Crippen molar-refractivity contribution in [1.82, 2.24) is 15.1 Å². The minimum absolute atomic E-state index is 0.539. The van der Waals surface area contributed by atoms with Crippen LogP contribution in [-0.4, -0.2) is 22.4 Å². The van der Waals surface area contributed by atoms with Crippen LogP contribution in [0.1, 0.15) is 30.5 Å². The topological polar surface area (TPSA) is 29.9 Å². The fourth-order valence-electron chi connectivity index (χ4n) is 3.48. The second-order valence-electron chi connectivity index (χ2n) is 6.01. The van der Waals surface area contributed by atoms with Crippen molar-refractivity contribution in [2.45, 2.75) is 45.7 Å². The number of likely N-dealkylation sites (N-methyl/N-ethyl adjacent to an activating group) is 1. The fraction of sp³-hybridized carbons (Fsp3) is 0.500. The molecule has 1 N–H and O–H groups in total. The van der Waals surface area contributed by atoms with Gasteiger partial charge >= 0.3 is 0 Å². The van der Waals surface area contributed by atoms with Gasteiger partial charge in [-0.15, -0.1) is 0 Å². The molecular weight excluding hydrogens is 258 g/mol. The van der Waals surface area contributed by atoms with Crippen LogP contribution in [0.5, 0.6) is 0 Å². The van der Waals surface area contributed by atoms with Gasteiger partial charge in [-0.05, 0) is 55.3 Å². The molecule has 1 aliphatic carbocycles. The third-order valence-electron chi connectivity index (χ3n) is 4.58. The first-order chi connectivity index (χ1) is 10.3. The van der Waals surface area contributed by atoms with Crippen molar-refractivity contribution in [1.29, 1.82) is 0 Å². The molecule has 3 rings (SSSR count). The lowest BCUT2D eigenvalue weighted by molar-refractivity contribution is 0.368. The summed E-state index contributed by atoms with van der Waals surface area (Å²) >= 11 is 0. The van der Waals surface area contributed by atoms with Gasteiger partial charge in [0.1, 0.15) is 0 Å². The largest absolute Gasteiger partial charge is 0.314 e. The minimum Gasteiger partial charge on any atom is -0.314 e. The van der Waals surface area contributed by atoms with Crippen LogP contribution in [0.25, 0.3) is 0 Å². The predicted molar refractivity (Wildman–Crippen MR) is 86.4 cm³/mol. The number of hydrogen-bond acceptors (Lipinski definition) is 2. The third kappa shape index (κ3) is 3.18. The second-order valence-corrected chi connectivity index (χ2v) is 6.01. The summed E-state index contributed by atoms with van der Waals surface area (Å²) in [6.07, 6.45) is 7.69. The Morgan fingerprint density at radius 3 is 2.52 bits per heavy atom. The molecule has 112 valence electrons. The number of hydrogen-bond donors (Lipinski definition) is 1. The third-order valence-corrected chi connectivity index (χ3v) is 4.58. The minimum atomic E-state index is 0.539. The molecule has 2 aromatic rings. The molecule has 3 nitrogen and oxygen atoms in total. The SMILES string of the molecule is CCNC(Cc1cnn(CC)c1)C1Cc2ccccc2C1. The smallest absolute Gasteiger partial charge is 0.0522 e. The van der Waals surface area contributed by atoms with Gasteiger partial charge in [0, 0.05) is 18.8 Å². The Morgan fingerprint density at radius 2 is 1.95 bits per heavy atom. The molecule has 0 saturated heterocycles. The van der Waals surface area contributed by atoms with Gasteiger partial charge < -0.3 is 5.32 Å². The number of benzene rings is 1. The van der Waals surface area contributed by atoms with E-state index < -0.39 is 0 Å². The molecule has 1 unspecified atom stereocenters. The molecule has 0 radical (unpaired) electrons. The zero-order chi connectivity index (χ0) is 14.7. The Labute approximate surface area is 127 Å². The maximum Gasteiger partial charge on any atom is 0.0522 e. The van der Waals surface area contributed by atoms with E-state index in [9.17, 15) is 0 Å². The Balaban J connectivity index is 1.70. The lowest BCUT2D eigenvalue weighted by Crippen LogP contribution is -2.38. The van der Waals surface area contributed by atoms with Crippen LogP contribution in [-0.2, 0) is 25.8 Å². The number of nitrogens with zero attached hydrogens (tertiary/aromatic N) is 2. The summed E-state index contributed by atoms with van der Waals surface area (Å²) in [6.45, 7) is 6.30. The Kier molecular flexibility index (Phi) is 4.39. The molecule has 1 aliphatic rings. The van der Waals surface area contributed by atoms with E-state index in [0.717, 1.165) is 19.5 Å².